The fraction of sp³-hybridized carbons (Fsp3) is 0.882. The van der Waals surface area contributed by atoms with E-state index in [-0.39, 0.29) is 10.8 Å². The number of rotatable bonds is 20. The second-order valence-electron chi connectivity index (χ2n) is 54.1. The molecule has 0 aromatic carbocycles. The smallest absolute Gasteiger partial charge is 0.00977 e. The summed E-state index contributed by atoms with van der Waals surface area (Å²) >= 11 is 0. The van der Waals surface area contributed by atoms with Gasteiger partial charge in [-0.1, -0.05) is 385 Å². The second kappa shape index (κ2) is 44.0. The molecule has 696 valence electrons. The summed E-state index contributed by atoms with van der Waals surface area (Å²) in [4.78, 5) is 0. The molecule has 0 radical (unpaired) electrons. The SMILES string of the molecule is C=CC(C)(CC/C=C(/C)CCC=C(C)C)C(C)(C)C.CC/C=C(\C)C(CCCCC)C(C)(C)C.CC1=CCC(C(C)(C)C(C)(C)C)CC1.CC1=CCC(C(C)C)(C(C)(C)C)CC1.CC1=CCC(CCC(C)C(C)C(C)(C)C)C1(C)C.CC1[C@@H]2C[C@@H](CC2C2CCCC(C(C)(C)C)C2)C1(C)C.C[C@H]1CCC2(C(C)(C)C)C(C)(C)C3CC[C@@]2(C)C1C3. The minimum Gasteiger partial charge on any atom is -0.103 e. The highest BCUT2D eigenvalue weighted by Crippen LogP contribution is 2.80. The van der Waals surface area contributed by atoms with Crippen molar-refractivity contribution in [3.8, 4) is 0 Å². The fourth-order valence-electron chi connectivity index (χ4n) is 27.1. The van der Waals surface area contributed by atoms with Crippen molar-refractivity contribution in [1.29, 1.82) is 0 Å². The highest BCUT2D eigenvalue weighted by molar-refractivity contribution is 5.23. The minimum atomic E-state index is 0.212. The molecule has 0 nitrogen and oxygen atoms in total. The molecule has 0 aromatic rings. The van der Waals surface area contributed by atoms with E-state index in [1.807, 2.05) is 0 Å². The molecule has 18 atom stereocenters. The van der Waals surface area contributed by atoms with E-state index in [1.54, 1.807) is 35.1 Å². The quantitative estimate of drug-likeness (QED) is 0.0842. The van der Waals surface area contributed by atoms with Gasteiger partial charge in [0.25, 0.3) is 0 Å². The Hall–Kier alpha value is -1.82. The molecule has 7 fully saturated rings. The second-order valence-corrected chi connectivity index (χ2v) is 54.1. The Kier molecular flexibility index (Phi) is 41.2. The average Bonchev–Trinajstić information content (AvgIpc) is 1.15. The third kappa shape index (κ3) is 28.1. The van der Waals surface area contributed by atoms with Crippen molar-refractivity contribution in [2.75, 3.05) is 0 Å². The lowest BCUT2D eigenvalue weighted by Crippen LogP contribution is -2.71. The number of hydrogen-bond donors (Lipinski definition) is 0. The topological polar surface area (TPSA) is 0 Å². The van der Waals surface area contributed by atoms with Gasteiger partial charge in [0.2, 0.25) is 0 Å². The van der Waals surface area contributed by atoms with Gasteiger partial charge >= 0.3 is 0 Å². The van der Waals surface area contributed by atoms with Crippen LogP contribution in [-0.2, 0) is 0 Å². The molecule has 10 aliphatic carbocycles. The first-order chi connectivity index (χ1) is 53.9. The third-order valence-electron chi connectivity index (χ3n) is 39.0. The van der Waals surface area contributed by atoms with E-state index < -0.39 is 0 Å². The molecule has 0 N–H and O–H groups in total. The zero-order chi connectivity index (χ0) is 92.1. The van der Waals surface area contributed by atoms with Crippen LogP contribution < -0.4 is 0 Å². The van der Waals surface area contributed by atoms with E-state index in [9.17, 15) is 0 Å². The van der Waals surface area contributed by atoms with E-state index in [0.29, 0.717) is 70.4 Å². The summed E-state index contributed by atoms with van der Waals surface area (Å²) < 4.78 is 0. The molecule has 7 saturated carbocycles. The molecular formula is C119H220. The molecule has 10 aliphatic rings. The van der Waals surface area contributed by atoms with Crippen molar-refractivity contribution in [1.82, 2.24) is 0 Å². The van der Waals surface area contributed by atoms with E-state index in [0.717, 1.165) is 95.2 Å². The predicted molar refractivity (Wildman–Crippen MR) is 542 cm³/mol. The Labute approximate surface area is 752 Å². The number of allylic oxidation sites excluding steroid dienone is 13. The predicted octanol–water partition coefficient (Wildman–Crippen LogP) is 40.0. The van der Waals surface area contributed by atoms with Crippen molar-refractivity contribution in [3.63, 3.8) is 0 Å². The lowest BCUT2D eigenvalue weighted by molar-refractivity contribution is -0.292. The van der Waals surface area contributed by atoms with Crippen LogP contribution in [0.3, 0.4) is 0 Å². The minimum absolute atomic E-state index is 0.212. The Morgan fingerprint density at radius 2 is 1.15 bits per heavy atom. The van der Waals surface area contributed by atoms with Gasteiger partial charge in [0, 0.05) is 0 Å². The average molecular weight is 1650 g/mol. The van der Waals surface area contributed by atoms with Crippen LogP contribution in [0.4, 0.5) is 0 Å². The molecule has 0 saturated heterocycles. The Morgan fingerprint density at radius 3 is 1.59 bits per heavy atom. The lowest BCUT2D eigenvalue weighted by atomic mass is 9.27. The van der Waals surface area contributed by atoms with Crippen molar-refractivity contribution < 1.29 is 0 Å². The van der Waals surface area contributed by atoms with Crippen LogP contribution in [0, 0.1) is 170 Å². The van der Waals surface area contributed by atoms with Gasteiger partial charge in [-0.2, -0.15) is 0 Å². The molecule has 0 amide bonds. The molecule has 0 heteroatoms. The standard InChI is InChI=1S/C20H36.2C19H34.C18H34.C15H30.2C14H26/c1-13-17-11-16(20(13,5)6)12-18(17)14-8-7-9-15(10-14)19(2,3)4;1-13-8-11-19(16(2,3)4)17(5,6)14-9-10-18(19,7)15(13)12-14;1-9-19(8,18(5,6)7)15-11-14-17(4)13-10-12-16(2)3;1-13(15(3)17(4,5)6)9-11-16-12-10-14(2)18(16,7)8;1-7-9-10-12-14(15(4,5)6)13(3)11-8-2;1-11-7-9-12(10-8-11)14(5,6)13(2,3)4;1-11(2)14(13(4,5)6)9-7-12(3)8-10-14/h13-18H,7-12H2,1-6H3;13-15H,8-12H2,1-7H3;9,12,14H,1,10-11,13,15H2,2-8H3;10,13,15-16H,9,11-12H2,1-8H3;11,14H,7-10,12H2,1-6H3;7,12H,8-10H2,1-6H3;7,11H,8-10H2,1-6H3/b;;17-14-;;13-11+;;/t13?,14?,15?,16-,17-,18?;13-,14?,15?,18-,19?;;;;;/m00...../s1. The van der Waals surface area contributed by atoms with Crippen LogP contribution in [0.15, 0.2) is 82.5 Å². The molecule has 0 aromatic heterocycles. The lowest BCUT2D eigenvalue weighted by Gasteiger charge is -2.77. The highest BCUT2D eigenvalue weighted by atomic mass is 14.8. The Balaban J connectivity index is 0.000000360. The molecule has 10 rings (SSSR count). The van der Waals surface area contributed by atoms with Crippen molar-refractivity contribution >= 4 is 0 Å². The van der Waals surface area contributed by atoms with E-state index in [4.69, 9.17) is 0 Å². The molecule has 119 heavy (non-hydrogen) atoms. The van der Waals surface area contributed by atoms with Gasteiger partial charge < -0.3 is 0 Å². The van der Waals surface area contributed by atoms with Crippen LogP contribution in [0.1, 0.15) is 505 Å². The molecule has 0 heterocycles. The van der Waals surface area contributed by atoms with Gasteiger partial charge in [0.05, 0.1) is 0 Å². The summed E-state index contributed by atoms with van der Waals surface area (Å²) in [5.41, 5.74) is 16.1. The molecular weight excluding hydrogens is 1430 g/mol. The molecule has 0 aliphatic heterocycles. The van der Waals surface area contributed by atoms with Crippen LogP contribution in [-0.4, -0.2) is 0 Å². The van der Waals surface area contributed by atoms with Gasteiger partial charge in [-0.15, -0.1) is 6.58 Å². The van der Waals surface area contributed by atoms with E-state index >= 15 is 0 Å². The summed E-state index contributed by atoms with van der Waals surface area (Å²) in [5, 5.41) is 0. The van der Waals surface area contributed by atoms with Crippen LogP contribution in [0.5, 0.6) is 0 Å². The van der Waals surface area contributed by atoms with Gasteiger partial charge in [0.1, 0.15) is 0 Å². The summed E-state index contributed by atoms with van der Waals surface area (Å²) in [6.07, 6.45) is 56.6. The maximum atomic E-state index is 4.04. The summed E-state index contributed by atoms with van der Waals surface area (Å²) in [6.45, 7) is 115. The Morgan fingerprint density at radius 1 is 0.563 bits per heavy atom. The normalized spacial score (nSPS) is 31.3. The zero-order valence-electron chi connectivity index (χ0n) is 90.4. The van der Waals surface area contributed by atoms with Gasteiger partial charge in [-0.05, 0) is 366 Å². The van der Waals surface area contributed by atoms with Crippen LogP contribution in [0.25, 0.3) is 0 Å². The van der Waals surface area contributed by atoms with E-state index in [2.05, 4.69) is 368 Å². The Bertz CT molecular complexity index is 3200. The number of hydrogen-bond acceptors (Lipinski definition) is 0. The summed E-state index contributed by atoms with van der Waals surface area (Å²) in [6, 6.07) is 0. The van der Waals surface area contributed by atoms with Crippen LogP contribution >= 0.6 is 0 Å². The van der Waals surface area contributed by atoms with Gasteiger partial charge in [0.15, 0.2) is 0 Å². The first-order valence-electron chi connectivity index (χ1n) is 51.5. The third-order valence-corrected chi connectivity index (χ3v) is 39.0. The number of fused-ring (bicyclic) bond motifs is 3. The van der Waals surface area contributed by atoms with Gasteiger partial charge in [-0.25, -0.2) is 0 Å². The number of unbranched alkanes of at least 4 members (excludes halogenated alkanes) is 2. The molecule has 0 spiro atoms. The van der Waals surface area contributed by atoms with Crippen LogP contribution in [0.2, 0.25) is 0 Å². The first-order valence-corrected chi connectivity index (χ1v) is 51.5. The maximum Gasteiger partial charge on any atom is -0.00977 e. The molecule has 6 bridgehead atoms. The fourth-order valence-corrected chi connectivity index (χ4v) is 27.1. The van der Waals surface area contributed by atoms with E-state index in [1.165, 1.54) is 178 Å². The molecule has 14 unspecified atom stereocenters. The van der Waals surface area contributed by atoms with Crippen molar-refractivity contribution in [3.05, 3.63) is 82.5 Å². The first kappa shape index (κ1) is 111. The monoisotopic (exact) mass is 1650 g/mol. The largest absolute Gasteiger partial charge is 0.103 e. The van der Waals surface area contributed by atoms with Gasteiger partial charge in [-0.3, -0.25) is 0 Å². The van der Waals surface area contributed by atoms with Crippen molar-refractivity contribution in [2.24, 2.45) is 170 Å². The summed E-state index contributed by atoms with van der Waals surface area (Å²) in [7, 11) is 0. The maximum absolute atomic E-state index is 4.04. The summed E-state index contributed by atoms with van der Waals surface area (Å²) in [5.74, 6) is 14.0. The van der Waals surface area contributed by atoms with Crippen molar-refractivity contribution in [2.45, 2.75) is 505 Å². The highest BCUT2D eigenvalue weighted by Gasteiger charge is 2.73. The zero-order valence-corrected chi connectivity index (χ0v) is 90.4.